The van der Waals surface area contributed by atoms with Crippen molar-refractivity contribution in [2.75, 3.05) is 20.2 Å². The Labute approximate surface area is 131 Å². The highest BCUT2D eigenvalue weighted by Crippen LogP contribution is 2.37. The number of sulfonamides is 1. The van der Waals surface area contributed by atoms with Crippen molar-refractivity contribution in [3.63, 3.8) is 0 Å². The van der Waals surface area contributed by atoms with E-state index in [9.17, 15) is 8.42 Å². The van der Waals surface area contributed by atoms with Crippen LogP contribution in [0.25, 0.3) is 0 Å². The molecule has 1 aromatic rings. The van der Waals surface area contributed by atoms with Crippen LogP contribution in [0.15, 0.2) is 17.2 Å². The second kappa shape index (κ2) is 6.69. The van der Waals surface area contributed by atoms with Gasteiger partial charge < -0.3 is 9.30 Å². The molecule has 1 fully saturated rings. The Bertz CT molecular complexity index is 579. The zero-order chi connectivity index (χ0) is 15.6. The maximum absolute atomic E-state index is 12.5. The van der Waals surface area contributed by atoms with Gasteiger partial charge in [-0.05, 0) is 32.8 Å². The van der Waals surface area contributed by atoms with Gasteiger partial charge in [0.05, 0.1) is 18.6 Å². The molecule has 1 saturated carbocycles. The normalized spacial score (nSPS) is 16.1. The number of rotatable bonds is 8. The van der Waals surface area contributed by atoms with Crippen LogP contribution in [-0.4, -0.2) is 43.6 Å². The topological polar surface area (TPSA) is 51.5 Å². The monoisotopic (exact) mass is 334 g/mol. The van der Waals surface area contributed by atoms with E-state index in [1.165, 1.54) is 4.31 Å². The smallest absolute Gasteiger partial charge is 0.244 e. The molecule has 7 heteroatoms. The summed E-state index contributed by atoms with van der Waals surface area (Å²) < 4.78 is 33.8. The molecule has 0 amide bonds. The van der Waals surface area contributed by atoms with Gasteiger partial charge >= 0.3 is 0 Å². The molecule has 0 bridgehead atoms. The molecule has 0 radical (unpaired) electrons. The summed E-state index contributed by atoms with van der Waals surface area (Å²) in [5.74, 6) is 0.326. The zero-order valence-corrected chi connectivity index (χ0v) is 14.3. The Morgan fingerprint density at radius 3 is 2.67 bits per heavy atom. The fourth-order valence-corrected chi connectivity index (χ4v) is 3.58. The average Bonchev–Trinajstić information content (AvgIpc) is 3.16. The van der Waals surface area contributed by atoms with Gasteiger partial charge in [0.25, 0.3) is 0 Å². The number of hydrogen-bond acceptors (Lipinski definition) is 3. The Morgan fingerprint density at radius 2 is 2.14 bits per heavy atom. The summed E-state index contributed by atoms with van der Waals surface area (Å²) in [6, 6.07) is 2.10. The summed E-state index contributed by atoms with van der Waals surface area (Å²) in [5, 5.41) is 0. The van der Waals surface area contributed by atoms with E-state index in [0.29, 0.717) is 30.0 Å². The molecule has 21 heavy (non-hydrogen) atoms. The minimum Gasteiger partial charge on any atom is -0.377 e. The summed E-state index contributed by atoms with van der Waals surface area (Å²) in [6.07, 6.45) is 4.00. The molecular formula is C14H23ClN2O3S. The van der Waals surface area contributed by atoms with Gasteiger partial charge in [-0.25, -0.2) is 8.42 Å². The summed E-state index contributed by atoms with van der Waals surface area (Å²) in [4.78, 5) is 0.317. The predicted octanol–water partition coefficient (Wildman–Crippen LogP) is 2.61. The zero-order valence-electron chi connectivity index (χ0n) is 12.8. The Hall–Kier alpha value is -0.560. The van der Waals surface area contributed by atoms with Crippen molar-refractivity contribution in [2.45, 2.75) is 49.6 Å². The molecule has 0 aliphatic heterocycles. The quantitative estimate of drug-likeness (QED) is 0.687. The molecule has 0 spiro atoms. The SMILES string of the molecule is CC(C)OCCN(C)S(=O)(=O)c1cc(CCl)n(C2CC2)c1. The van der Waals surface area contributed by atoms with Gasteiger partial charge in [-0.1, -0.05) is 0 Å². The summed E-state index contributed by atoms with van der Waals surface area (Å²) >= 11 is 5.92. The second-order valence-corrected chi connectivity index (χ2v) is 8.00. The standard InChI is InChI=1S/C14H23ClN2O3S/c1-11(2)20-7-6-16(3)21(18,19)14-8-13(9-15)17(10-14)12-4-5-12/h8,10-12H,4-7,9H2,1-3H3. The van der Waals surface area contributed by atoms with E-state index in [-0.39, 0.29) is 6.10 Å². The van der Waals surface area contributed by atoms with Crippen molar-refractivity contribution in [2.24, 2.45) is 0 Å². The molecule has 1 aromatic heterocycles. The maximum atomic E-state index is 12.5. The summed E-state index contributed by atoms with van der Waals surface area (Å²) in [7, 11) is -1.90. The largest absolute Gasteiger partial charge is 0.377 e. The lowest BCUT2D eigenvalue weighted by Gasteiger charge is -2.17. The summed E-state index contributed by atoms with van der Waals surface area (Å²) in [6.45, 7) is 4.58. The molecule has 2 rings (SSSR count). The van der Waals surface area contributed by atoms with Crippen molar-refractivity contribution in [1.82, 2.24) is 8.87 Å². The lowest BCUT2D eigenvalue weighted by Crippen LogP contribution is -2.30. The Kier molecular flexibility index (Phi) is 5.35. The fourth-order valence-electron chi connectivity index (χ4n) is 2.15. The highest BCUT2D eigenvalue weighted by molar-refractivity contribution is 7.89. The highest BCUT2D eigenvalue weighted by atomic mass is 35.5. The van der Waals surface area contributed by atoms with Gasteiger partial charge in [0.2, 0.25) is 10.0 Å². The first-order valence-electron chi connectivity index (χ1n) is 7.21. The third kappa shape index (κ3) is 4.00. The first-order chi connectivity index (χ1) is 9.86. The van der Waals surface area contributed by atoms with E-state index in [2.05, 4.69) is 0 Å². The van der Waals surface area contributed by atoms with Gasteiger partial charge in [0.15, 0.2) is 0 Å². The number of nitrogens with zero attached hydrogens (tertiary/aromatic N) is 2. The number of halogens is 1. The van der Waals surface area contributed by atoms with E-state index < -0.39 is 10.0 Å². The molecule has 1 aliphatic carbocycles. The van der Waals surface area contributed by atoms with Crippen molar-refractivity contribution in [1.29, 1.82) is 0 Å². The molecule has 5 nitrogen and oxygen atoms in total. The first kappa shape index (κ1) is 16.8. The first-order valence-corrected chi connectivity index (χ1v) is 9.18. The van der Waals surface area contributed by atoms with Crippen LogP contribution in [-0.2, 0) is 20.6 Å². The van der Waals surface area contributed by atoms with Gasteiger partial charge in [-0.3, -0.25) is 0 Å². The van der Waals surface area contributed by atoms with E-state index in [0.717, 1.165) is 18.5 Å². The van der Waals surface area contributed by atoms with Crippen molar-refractivity contribution >= 4 is 21.6 Å². The molecule has 0 atom stereocenters. The Balaban J connectivity index is 2.11. The van der Waals surface area contributed by atoms with E-state index in [1.54, 1.807) is 19.3 Å². The van der Waals surface area contributed by atoms with Crippen LogP contribution in [0.3, 0.4) is 0 Å². The summed E-state index contributed by atoms with van der Waals surface area (Å²) in [5.41, 5.74) is 0.865. The van der Waals surface area contributed by atoms with Gasteiger partial charge in [0, 0.05) is 31.5 Å². The average molecular weight is 335 g/mol. The lowest BCUT2D eigenvalue weighted by atomic mass is 10.5. The van der Waals surface area contributed by atoms with Crippen LogP contribution in [0.2, 0.25) is 0 Å². The van der Waals surface area contributed by atoms with Crippen molar-refractivity contribution < 1.29 is 13.2 Å². The molecule has 0 unspecified atom stereocenters. The van der Waals surface area contributed by atoms with Crippen LogP contribution in [0.1, 0.15) is 38.4 Å². The van der Waals surface area contributed by atoms with Gasteiger partial charge in [-0.15, -0.1) is 11.6 Å². The highest BCUT2D eigenvalue weighted by Gasteiger charge is 2.29. The molecule has 120 valence electrons. The van der Waals surface area contributed by atoms with Gasteiger partial charge in [-0.2, -0.15) is 4.31 Å². The minimum absolute atomic E-state index is 0.0971. The Morgan fingerprint density at radius 1 is 1.48 bits per heavy atom. The van der Waals surface area contributed by atoms with Crippen LogP contribution in [0, 0.1) is 0 Å². The van der Waals surface area contributed by atoms with Crippen LogP contribution < -0.4 is 0 Å². The maximum Gasteiger partial charge on any atom is 0.244 e. The molecular weight excluding hydrogens is 312 g/mol. The number of likely N-dealkylation sites (N-methyl/N-ethyl adjacent to an activating group) is 1. The van der Waals surface area contributed by atoms with E-state index in [1.807, 2.05) is 18.4 Å². The molecule has 0 aromatic carbocycles. The number of aromatic nitrogens is 1. The minimum atomic E-state index is -3.48. The van der Waals surface area contributed by atoms with Crippen LogP contribution >= 0.6 is 11.6 Å². The third-order valence-corrected chi connectivity index (χ3v) is 5.65. The predicted molar refractivity (Wildman–Crippen MR) is 83.2 cm³/mol. The number of alkyl halides is 1. The van der Waals surface area contributed by atoms with Crippen molar-refractivity contribution in [3.8, 4) is 0 Å². The van der Waals surface area contributed by atoms with E-state index >= 15 is 0 Å². The van der Waals surface area contributed by atoms with Gasteiger partial charge in [0.1, 0.15) is 4.90 Å². The fraction of sp³-hybridized carbons (Fsp3) is 0.714. The van der Waals surface area contributed by atoms with Crippen LogP contribution in [0.4, 0.5) is 0 Å². The molecule has 1 aliphatic rings. The molecule has 1 heterocycles. The molecule has 0 saturated heterocycles. The van der Waals surface area contributed by atoms with Crippen molar-refractivity contribution in [3.05, 3.63) is 18.0 Å². The van der Waals surface area contributed by atoms with Crippen LogP contribution in [0.5, 0.6) is 0 Å². The third-order valence-electron chi connectivity index (χ3n) is 3.55. The lowest BCUT2D eigenvalue weighted by molar-refractivity contribution is 0.0737. The molecule has 0 N–H and O–H groups in total. The second-order valence-electron chi connectivity index (χ2n) is 5.69. The number of ether oxygens (including phenoxy) is 1. The number of hydrogen-bond donors (Lipinski definition) is 0. The van der Waals surface area contributed by atoms with E-state index in [4.69, 9.17) is 16.3 Å².